The Morgan fingerprint density at radius 3 is 2.47 bits per heavy atom. The van der Waals surface area contributed by atoms with Crippen LogP contribution in [-0.2, 0) is 14.2 Å². The Bertz CT molecular complexity index is 424. The minimum atomic E-state index is -1.15. The zero-order valence-corrected chi connectivity index (χ0v) is 10.1. The number of fused-ring (bicyclic) bond motifs is 1. The van der Waals surface area contributed by atoms with Gasteiger partial charge in [-0.25, -0.2) is 0 Å². The lowest BCUT2D eigenvalue weighted by atomic mass is 10.1. The largest absolute Gasteiger partial charge is 0.394 e. The molecule has 0 spiro atoms. The van der Waals surface area contributed by atoms with E-state index in [9.17, 15) is 10.2 Å². The lowest BCUT2D eigenvalue weighted by Crippen LogP contribution is -2.41. The van der Waals surface area contributed by atoms with E-state index >= 15 is 0 Å². The third kappa shape index (κ3) is 2.27. The average Bonchev–Trinajstić information content (AvgIpc) is 2.99. The van der Waals surface area contributed by atoms with Crippen LogP contribution in [0.3, 0.4) is 0 Å². The fourth-order valence-corrected chi connectivity index (χ4v) is 2.40. The third-order valence-corrected chi connectivity index (χ3v) is 3.41. The minimum absolute atomic E-state index is 0.483. The summed E-state index contributed by atoms with van der Waals surface area (Å²) in [5.41, 5.74) is 0.840. The number of aliphatic hydroxyl groups excluding tert-OH is 3. The fourth-order valence-electron chi connectivity index (χ4n) is 2.40. The first-order valence-electron chi connectivity index (χ1n) is 6.19. The van der Waals surface area contributed by atoms with Gasteiger partial charge in [0.25, 0.3) is 0 Å². The van der Waals surface area contributed by atoms with E-state index < -0.39 is 43.6 Å². The lowest BCUT2D eigenvalue weighted by molar-refractivity contribution is -0.191. The number of ether oxygens (including phenoxy) is 3. The van der Waals surface area contributed by atoms with Gasteiger partial charge in [-0.1, -0.05) is 30.3 Å². The molecular formula is C13H16O6. The Hall–Kier alpha value is -1.02. The van der Waals surface area contributed by atoms with Gasteiger partial charge >= 0.3 is 0 Å². The molecule has 2 saturated heterocycles. The molecule has 3 rings (SSSR count). The summed E-state index contributed by atoms with van der Waals surface area (Å²) in [4.78, 5) is 0. The maximum atomic E-state index is 10.0. The van der Waals surface area contributed by atoms with Gasteiger partial charge < -0.3 is 29.5 Å². The summed E-state index contributed by atoms with van der Waals surface area (Å²) in [6, 6.07) is 9.34. The number of benzene rings is 1. The van der Waals surface area contributed by atoms with Gasteiger partial charge in [0.05, 0.1) is 6.61 Å². The van der Waals surface area contributed by atoms with Gasteiger partial charge in [-0.3, -0.25) is 0 Å². The molecular weight excluding hydrogens is 252 g/mol. The maximum Gasteiger partial charge on any atom is 0.190 e. The van der Waals surface area contributed by atoms with E-state index in [1.54, 1.807) is 0 Å². The van der Waals surface area contributed by atoms with Crippen LogP contribution in [0.5, 0.6) is 0 Å². The monoisotopic (exact) mass is 268 g/mol. The molecule has 0 unspecified atom stereocenters. The van der Waals surface area contributed by atoms with Crippen molar-refractivity contribution >= 4 is 0 Å². The smallest absolute Gasteiger partial charge is 0.190 e. The quantitative estimate of drug-likeness (QED) is 0.687. The molecule has 19 heavy (non-hydrogen) atoms. The molecule has 2 aliphatic heterocycles. The average molecular weight is 268 g/mol. The highest BCUT2D eigenvalue weighted by molar-refractivity contribution is 5.17. The van der Waals surface area contributed by atoms with Crippen molar-refractivity contribution < 1.29 is 29.5 Å². The van der Waals surface area contributed by atoms with E-state index in [1.807, 2.05) is 30.3 Å². The Morgan fingerprint density at radius 1 is 1.11 bits per heavy atom. The molecule has 0 radical (unpaired) electrons. The molecule has 0 amide bonds. The molecule has 0 saturated carbocycles. The van der Waals surface area contributed by atoms with E-state index in [0.29, 0.717) is 0 Å². The van der Waals surface area contributed by atoms with Crippen LogP contribution >= 0.6 is 0 Å². The molecule has 6 atom stereocenters. The SMILES string of the molecule is OC[C@H](O)[C@H]1O[C@@H]2O[C@H](c3ccccc3)O[C@@H]2[C@H]1O. The Labute approximate surface area is 110 Å². The zero-order valence-electron chi connectivity index (χ0n) is 10.1. The summed E-state index contributed by atoms with van der Waals surface area (Å²) in [6.07, 6.45) is -5.04. The highest BCUT2D eigenvalue weighted by Gasteiger charge is 2.53. The summed E-state index contributed by atoms with van der Waals surface area (Å²) >= 11 is 0. The molecule has 2 heterocycles. The summed E-state index contributed by atoms with van der Waals surface area (Å²) in [5, 5.41) is 28.4. The highest BCUT2D eigenvalue weighted by atomic mass is 16.8. The van der Waals surface area contributed by atoms with E-state index in [2.05, 4.69) is 0 Å². The van der Waals surface area contributed by atoms with E-state index in [4.69, 9.17) is 19.3 Å². The second kappa shape index (κ2) is 5.16. The Kier molecular flexibility index (Phi) is 3.53. The van der Waals surface area contributed by atoms with Crippen LogP contribution in [0.15, 0.2) is 30.3 Å². The van der Waals surface area contributed by atoms with Gasteiger partial charge in [0, 0.05) is 5.56 Å². The van der Waals surface area contributed by atoms with Gasteiger partial charge in [-0.05, 0) is 0 Å². The van der Waals surface area contributed by atoms with E-state index in [1.165, 1.54) is 0 Å². The van der Waals surface area contributed by atoms with Gasteiger partial charge in [0.2, 0.25) is 0 Å². The molecule has 6 nitrogen and oxygen atoms in total. The maximum absolute atomic E-state index is 10.0. The second-order valence-corrected chi connectivity index (χ2v) is 4.69. The van der Waals surface area contributed by atoms with Crippen molar-refractivity contribution in [1.29, 1.82) is 0 Å². The van der Waals surface area contributed by atoms with Crippen molar-refractivity contribution in [3.05, 3.63) is 35.9 Å². The zero-order chi connectivity index (χ0) is 13.4. The van der Waals surface area contributed by atoms with Crippen molar-refractivity contribution in [2.24, 2.45) is 0 Å². The van der Waals surface area contributed by atoms with Gasteiger partial charge in [-0.2, -0.15) is 0 Å². The van der Waals surface area contributed by atoms with Crippen molar-refractivity contribution in [3.8, 4) is 0 Å². The van der Waals surface area contributed by atoms with Crippen LogP contribution in [0.4, 0.5) is 0 Å². The first-order valence-corrected chi connectivity index (χ1v) is 6.19. The van der Waals surface area contributed by atoms with Crippen LogP contribution in [-0.4, -0.2) is 52.6 Å². The van der Waals surface area contributed by atoms with Crippen LogP contribution in [0.1, 0.15) is 11.9 Å². The molecule has 6 heteroatoms. The molecule has 104 valence electrons. The second-order valence-electron chi connectivity index (χ2n) is 4.69. The minimum Gasteiger partial charge on any atom is -0.394 e. The number of aliphatic hydroxyl groups is 3. The van der Waals surface area contributed by atoms with Crippen molar-refractivity contribution in [2.45, 2.75) is 37.0 Å². The summed E-state index contributed by atoms with van der Waals surface area (Å²) in [7, 11) is 0. The van der Waals surface area contributed by atoms with Crippen molar-refractivity contribution in [2.75, 3.05) is 6.61 Å². The highest BCUT2D eigenvalue weighted by Crippen LogP contribution is 2.39. The van der Waals surface area contributed by atoms with Gasteiger partial charge in [-0.15, -0.1) is 0 Å². The van der Waals surface area contributed by atoms with Crippen LogP contribution in [0.2, 0.25) is 0 Å². The van der Waals surface area contributed by atoms with Crippen LogP contribution < -0.4 is 0 Å². The first kappa shape index (κ1) is 13.0. The number of hydrogen-bond donors (Lipinski definition) is 3. The normalized spacial score (nSPS) is 39.2. The summed E-state index contributed by atoms with van der Waals surface area (Å²) in [5.74, 6) is 0. The van der Waals surface area contributed by atoms with Crippen LogP contribution in [0.25, 0.3) is 0 Å². The molecule has 1 aromatic carbocycles. The topological polar surface area (TPSA) is 88.4 Å². The van der Waals surface area contributed by atoms with Crippen molar-refractivity contribution in [3.63, 3.8) is 0 Å². The number of hydrogen-bond acceptors (Lipinski definition) is 6. The Morgan fingerprint density at radius 2 is 1.84 bits per heavy atom. The summed E-state index contributed by atoms with van der Waals surface area (Å²) in [6.45, 7) is -0.483. The molecule has 2 fully saturated rings. The predicted octanol–water partition coefficient (Wildman–Crippen LogP) is -0.460. The first-order chi connectivity index (χ1) is 9.20. The summed E-state index contributed by atoms with van der Waals surface area (Å²) < 4.78 is 16.6. The fraction of sp³-hybridized carbons (Fsp3) is 0.538. The lowest BCUT2D eigenvalue weighted by Gasteiger charge is -2.22. The van der Waals surface area contributed by atoms with Crippen LogP contribution in [0, 0.1) is 0 Å². The molecule has 0 aliphatic carbocycles. The van der Waals surface area contributed by atoms with E-state index in [-0.39, 0.29) is 0 Å². The number of rotatable bonds is 3. The molecule has 2 aliphatic rings. The predicted molar refractivity (Wildman–Crippen MR) is 62.9 cm³/mol. The molecule has 0 aromatic heterocycles. The molecule has 3 N–H and O–H groups in total. The Balaban J connectivity index is 1.69. The van der Waals surface area contributed by atoms with Gasteiger partial charge in [0.15, 0.2) is 12.6 Å². The van der Waals surface area contributed by atoms with Crippen molar-refractivity contribution in [1.82, 2.24) is 0 Å². The molecule has 0 bridgehead atoms. The standard InChI is InChI=1S/C13H16O6/c14-6-8(15)10-9(16)11-13(17-10)19-12(18-11)7-4-2-1-3-5-7/h1-5,8-16H,6H2/t8-,9-,10+,11+,12+,13+/m0/s1. The third-order valence-electron chi connectivity index (χ3n) is 3.41. The van der Waals surface area contributed by atoms with E-state index in [0.717, 1.165) is 5.56 Å². The molecule has 1 aromatic rings. The van der Waals surface area contributed by atoms with Gasteiger partial charge in [0.1, 0.15) is 24.4 Å².